The van der Waals surface area contributed by atoms with Crippen LogP contribution in [0.4, 0.5) is 5.69 Å². The first-order valence-corrected chi connectivity index (χ1v) is 12.4. The molecule has 1 aromatic carbocycles. The fourth-order valence-corrected chi connectivity index (χ4v) is 6.57. The number of nitrogens with zero attached hydrogens (tertiary/aromatic N) is 3. The van der Waals surface area contributed by atoms with Crippen molar-refractivity contribution in [3.8, 4) is 0 Å². The smallest absolute Gasteiger partial charge is 0.256 e. The molecule has 0 bridgehead atoms. The normalized spacial score (nSPS) is 26.0. The van der Waals surface area contributed by atoms with Gasteiger partial charge in [0.05, 0.1) is 10.5 Å². The highest BCUT2D eigenvalue weighted by molar-refractivity contribution is 7.89. The number of hydrogen-bond donors (Lipinski definition) is 0. The summed E-state index contributed by atoms with van der Waals surface area (Å²) in [7, 11) is -0.514. The second-order valence-corrected chi connectivity index (χ2v) is 11.7. The molecule has 1 atom stereocenters. The molecule has 4 fully saturated rings. The molecule has 4 aliphatic rings. The Morgan fingerprint density at radius 3 is 2.34 bits per heavy atom. The van der Waals surface area contributed by atoms with E-state index in [2.05, 4.69) is 9.80 Å². The SMILES string of the molecule is CN(C)S(=O)(=O)c1ccc(N2CCCC2)c(C(=O)N2CC3(CCC3)C2C2CC2)c1. The van der Waals surface area contributed by atoms with Crippen LogP contribution in [0.15, 0.2) is 23.1 Å². The molecule has 1 aromatic rings. The van der Waals surface area contributed by atoms with Gasteiger partial charge in [-0.05, 0) is 62.6 Å². The van der Waals surface area contributed by atoms with E-state index in [4.69, 9.17) is 0 Å². The summed E-state index contributed by atoms with van der Waals surface area (Å²) in [5.74, 6) is 0.675. The van der Waals surface area contributed by atoms with Gasteiger partial charge in [-0.3, -0.25) is 4.79 Å². The quantitative estimate of drug-likeness (QED) is 0.739. The Kier molecular flexibility index (Phi) is 4.48. The summed E-state index contributed by atoms with van der Waals surface area (Å²) >= 11 is 0. The molecule has 0 radical (unpaired) electrons. The van der Waals surface area contributed by atoms with Crippen LogP contribution >= 0.6 is 0 Å². The predicted molar refractivity (Wildman–Crippen MR) is 113 cm³/mol. The van der Waals surface area contributed by atoms with Gasteiger partial charge in [-0.15, -0.1) is 0 Å². The first-order chi connectivity index (χ1) is 13.8. The van der Waals surface area contributed by atoms with Crippen LogP contribution in [-0.2, 0) is 10.0 Å². The number of benzene rings is 1. The predicted octanol–water partition coefficient (Wildman–Crippen LogP) is 2.94. The van der Waals surface area contributed by atoms with Gasteiger partial charge >= 0.3 is 0 Å². The number of carbonyl (C=O) groups is 1. The first kappa shape index (κ1) is 19.4. The van der Waals surface area contributed by atoms with Crippen LogP contribution in [0.2, 0.25) is 0 Å². The topological polar surface area (TPSA) is 60.9 Å². The van der Waals surface area contributed by atoms with Crippen LogP contribution in [0.3, 0.4) is 0 Å². The minimum Gasteiger partial charge on any atom is -0.371 e. The Balaban J connectivity index is 1.52. The summed E-state index contributed by atoms with van der Waals surface area (Å²) in [6.45, 7) is 2.70. The van der Waals surface area contributed by atoms with Crippen LogP contribution in [0, 0.1) is 11.3 Å². The highest BCUT2D eigenvalue weighted by Crippen LogP contribution is 2.60. The Labute approximate surface area is 173 Å². The van der Waals surface area contributed by atoms with Gasteiger partial charge in [0.2, 0.25) is 10.0 Å². The lowest BCUT2D eigenvalue weighted by Crippen LogP contribution is -2.69. The molecule has 2 saturated heterocycles. The van der Waals surface area contributed by atoms with Crippen molar-refractivity contribution >= 4 is 21.6 Å². The molecular weight excluding hydrogens is 386 g/mol. The van der Waals surface area contributed by atoms with Gasteiger partial charge in [-0.2, -0.15) is 0 Å². The molecule has 7 heteroatoms. The lowest BCUT2D eigenvalue weighted by molar-refractivity contribution is -0.111. The Morgan fingerprint density at radius 1 is 1.10 bits per heavy atom. The van der Waals surface area contributed by atoms with E-state index in [1.165, 1.54) is 50.5 Å². The largest absolute Gasteiger partial charge is 0.371 e. The average molecular weight is 418 g/mol. The number of anilines is 1. The van der Waals surface area contributed by atoms with E-state index < -0.39 is 10.0 Å². The number of likely N-dealkylation sites (tertiary alicyclic amines) is 1. The zero-order chi connectivity index (χ0) is 20.4. The summed E-state index contributed by atoms with van der Waals surface area (Å²) in [6.07, 6.45) is 8.44. The van der Waals surface area contributed by atoms with Crippen LogP contribution in [-0.4, -0.2) is 63.3 Å². The lowest BCUT2D eigenvalue weighted by Gasteiger charge is -2.63. The van der Waals surface area contributed by atoms with E-state index in [1.54, 1.807) is 12.1 Å². The molecule has 29 heavy (non-hydrogen) atoms. The van der Waals surface area contributed by atoms with E-state index in [1.807, 2.05) is 6.07 Å². The molecule has 2 aliphatic heterocycles. The summed E-state index contributed by atoms with van der Waals surface area (Å²) < 4.78 is 26.7. The molecule has 1 spiro atoms. The maximum Gasteiger partial charge on any atom is 0.256 e. The van der Waals surface area contributed by atoms with E-state index in [0.717, 1.165) is 38.2 Å². The van der Waals surface area contributed by atoms with Crippen LogP contribution < -0.4 is 4.90 Å². The first-order valence-electron chi connectivity index (χ1n) is 11.0. The molecule has 1 unspecified atom stereocenters. The van der Waals surface area contributed by atoms with Gasteiger partial charge in [0.25, 0.3) is 5.91 Å². The van der Waals surface area contributed by atoms with Crippen molar-refractivity contribution < 1.29 is 13.2 Å². The molecule has 0 N–H and O–H groups in total. The molecule has 2 aliphatic carbocycles. The van der Waals surface area contributed by atoms with Gasteiger partial charge < -0.3 is 9.80 Å². The maximum atomic E-state index is 13.7. The van der Waals surface area contributed by atoms with Crippen molar-refractivity contribution in [2.45, 2.75) is 55.9 Å². The Morgan fingerprint density at radius 2 is 1.79 bits per heavy atom. The van der Waals surface area contributed by atoms with E-state index >= 15 is 0 Å². The fourth-order valence-electron chi connectivity index (χ4n) is 5.64. The van der Waals surface area contributed by atoms with Crippen LogP contribution in [0.25, 0.3) is 0 Å². The van der Waals surface area contributed by atoms with Crippen molar-refractivity contribution in [1.82, 2.24) is 9.21 Å². The molecular formula is C22H31N3O3S. The number of sulfonamides is 1. The second kappa shape index (κ2) is 6.71. The maximum absolute atomic E-state index is 13.7. The lowest BCUT2D eigenvalue weighted by atomic mass is 9.56. The van der Waals surface area contributed by atoms with Gasteiger partial charge in [0.1, 0.15) is 0 Å². The van der Waals surface area contributed by atoms with Crippen LogP contribution in [0.1, 0.15) is 55.3 Å². The minimum atomic E-state index is -3.58. The molecule has 1 amide bonds. The molecule has 6 nitrogen and oxygen atoms in total. The third-order valence-corrected chi connectivity index (χ3v) is 9.36. The van der Waals surface area contributed by atoms with Crippen LogP contribution in [0.5, 0.6) is 0 Å². The van der Waals surface area contributed by atoms with E-state index in [9.17, 15) is 13.2 Å². The zero-order valence-corrected chi connectivity index (χ0v) is 18.2. The molecule has 0 aromatic heterocycles. The van der Waals surface area contributed by atoms with Gasteiger partial charge in [0.15, 0.2) is 0 Å². The fraction of sp³-hybridized carbons (Fsp3) is 0.682. The van der Waals surface area contributed by atoms with E-state index in [0.29, 0.717) is 22.9 Å². The zero-order valence-electron chi connectivity index (χ0n) is 17.4. The van der Waals surface area contributed by atoms with Crippen molar-refractivity contribution in [3.05, 3.63) is 23.8 Å². The summed E-state index contributed by atoms with van der Waals surface area (Å²) in [5.41, 5.74) is 1.82. The van der Waals surface area contributed by atoms with E-state index in [-0.39, 0.29) is 10.8 Å². The summed E-state index contributed by atoms with van der Waals surface area (Å²) in [5, 5.41) is 0. The van der Waals surface area contributed by atoms with Crippen molar-refractivity contribution in [1.29, 1.82) is 0 Å². The number of amides is 1. The van der Waals surface area contributed by atoms with Crippen molar-refractivity contribution in [2.24, 2.45) is 11.3 Å². The third kappa shape index (κ3) is 3.00. The number of hydrogen-bond acceptors (Lipinski definition) is 4. The monoisotopic (exact) mass is 417 g/mol. The second-order valence-electron chi connectivity index (χ2n) is 9.59. The molecule has 5 rings (SSSR count). The third-order valence-electron chi connectivity index (χ3n) is 7.55. The summed E-state index contributed by atoms with van der Waals surface area (Å²) in [6, 6.07) is 5.49. The number of carbonyl (C=O) groups excluding carboxylic acids is 1. The minimum absolute atomic E-state index is 0.0251. The van der Waals surface area contributed by atoms with Gasteiger partial charge in [0, 0.05) is 50.9 Å². The summed E-state index contributed by atoms with van der Waals surface area (Å²) in [4.78, 5) is 18.2. The van der Waals surface area contributed by atoms with Gasteiger partial charge in [-0.25, -0.2) is 12.7 Å². The Bertz CT molecular complexity index is 929. The van der Waals surface area contributed by atoms with Crippen molar-refractivity contribution in [2.75, 3.05) is 38.6 Å². The highest BCUT2D eigenvalue weighted by Gasteiger charge is 2.61. The number of rotatable bonds is 5. The standard InChI is InChI=1S/C22H31N3O3S/c1-23(2)29(27,28)17-8-9-19(24-12-3-4-13-24)18(14-17)21(26)25-15-22(10-5-11-22)20(25)16-6-7-16/h8-9,14,16,20H,3-7,10-13,15H2,1-2H3. The average Bonchev–Trinajstić information content (AvgIpc) is 3.29. The Hall–Kier alpha value is -1.60. The molecule has 2 heterocycles. The van der Waals surface area contributed by atoms with Gasteiger partial charge in [-0.1, -0.05) is 6.42 Å². The molecule has 2 saturated carbocycles. The molecule has 158 valence electrons. The highest BCUT2D eigenvalue weighted by atomic mass is 32.2. The van der Waals surface area contributed by atoms with Crippen molar-refractivity contribution in [3.63, 3.8) is 0 Å².